The highest BCUT2D eigenvalue weighted by Crippen LogP contribution is 2.28. The summed E-state index contributed by atoms with van der Waals surface area (Å²) in [5, 5.41) is 13.1. The number of carboxylic acids is 1. The number of benzene rings is 1. The van der Waals surface area contributed by atoms with Crippen LogP contribution in [-0.4, -0.2) is 40.1 Å². The summed E-state index contributed by atoms with van der Waals surface area (Å²) < 4.78 is 5.16. The summed E-state index contributed by atoms with van der Waals surface area (Å²) >= 11 is 6.07. The Morgan fingerprint density at radius 2 is 2.09 bits per heavy atom. The lowest BCUT2D eigenvalue weighted by Crippen LogP contribution is -2.36. The summed E-state index contributed by atoms with van der Waals surface area (Å²) in [5.41, 5.74) is 0.681. The third-order valence-electron chi connectivity index (χ3n) is 2.98. The smallest absolute Gasteiger partial charge is 0.323 e. The number of aromatic nitrogens is 1. The summed E-state index contributed by atoms with van der Waals surface area (Å²) in [6.07, 6.45) is 0.647. The van der Waals surface area contributed by atoms with E-state index >= 15 is 0 Å². The lowest BCUT2D eigenvalue weighted by Gasteiger charge is -2.18. The molecular weight excluding hydrogens is 308 g/mol. The van der Waals surface area contributed by atoms with Gasteiger partial charge in [0.2, 0.25) is 0 Å². The number of rotatable bonds is 6. The van der Waals surface area contributed by atoms with Crippen molar-refractivity contribution in [1.29, 1.82) is 0 Å². The molecule has 2 rings (SSSR count). The summed E-state index contributed by atoms with van der Waals surface area (Å²) in [5.74, 6) is -1.19. The van der Waals surface area contributed by atoms with Crippen LogP contribution in [0.15, 0.2) is 34.9 Å². The topological polar surface area (TPSA) is 83.6 Å². The van der Waals surface area contributed by atoms with E-state index in [2.05, 4.69) is 5.16 Å². The number of aliphatic carboxylic acids is 1. The van der Waals surface area contributed by atoms with Crippen molar-refractivity contribution in [1.82, 2.24) is 10.1 Å². The van der Waals surface area contributed by atoms with Crippen LogP contribution in [0.3, 0.4) is 0 Å². The molecule has 1 aromatic heterocycles. The van der Waals surface area contributed by atoms with Crippen LogP contribution >= 0.6 is 11.6 Å². The molecule has 0 aliphatic rings. The second kappa shape index (κ2) is 7.09. The highest BCUT2D eigenvalue weighted by molar-refractivity contribution is 6.33. The number of nitrogens with zero attached hydrogens (tertiary/aromatic N) is 2. The number of amides is 1. The Bertz CT molecular complexity index is 684. The van der Waals surface area contributed by atoms with Gasteiger partial charge in [0, 0.05) is 18.2 Å². The van der Waals surface area contributed by atoms with E-state index in [9.17, 15) is 9.59 Å². The fourth-order valence-corrected chi connectivity index (χ4v) is 2.24. The first-order valence-corrected chi connectivity index (χ1v) is 7.13. The zero-order chi connectivity index (χ0) is 16.1. The molecule has 1 amide bonds. The Hall–Kier alpha value is -2.34. The van der Waals surface area contributed by atoms with E-state index in [1.807, 2.05) is 6.92 Å². The quantitative estimate of drug-likeness (QED) is 0.884. The Labute approximate surface area is 132 Å². The molecular formula is C15H15ClN2O4. The molecule has 0 unspecified atom stereocenters. The number of hydrogen-bond donors (Lipinski definition) is 1. The molecule has 22 heavy (non-hydrogen) atoms. The van der Waals surface area contributed by atoms with Gasteiger partial charge in [-0.15, -0.1) is 0 Å². The van der Waals surface area contributed by atoms with Crippen molar-refractivity contribution >= 4 is 23.5 Å². The molecule has 1 aromatic carbocycles. The number of carboxylic acid groups (broad SMARTS) is 1. The van der Waals surface area contributed by atoms with Gasteiger partial charge < -0.3 is 14.5 Å². The van der Waals surface area contributed by atoms with Gasteiger partial charge in [-0.3, -0.25) is 9.59 Å². The summed E-state index contributed by atoms with van der Waals surface area (Å²) in [6, 6.07) is 8.49. The van der Waals surface area contributed by atoms with E-state index in [-0.39, 0.29) is 12.2 Å². The molecule has 0 bridgehead atoms. The third kappa shape index (κ3) is 3.65. The fourth-order valence-electron chi connectivity index (χ4n) is 2.01. The zero-order valence-electron chi connectivity index (χ0n) is 12.0. The zero-order valence-corrected chi connectivity index (χ0v) is 12.7. The van der Waals surface area contributed by atoms with Crippen molar-refractivity contribution in [2.45, 2.75) is 13.3 Å². The van der Waals surface area contributed by atoms with Crippen molar-refractivity contribution in [2.24, 2.45) is 0 Å². The number of halogens is 1. The van der Waals surface area contributed by atoms with Gasteiger partial charge >= 0.3 is 5.97 Å². The normalized spacial score (nSPS) is 10.5. The van der Waals surface area contributed by atoms with Gasteiger partial charge in [-0.05, 0) is 18.6 Å². The molecule has 0 spiro atoms. The highest BCUT2D eigenvalue weighted by atomic mass is 35.5. The average Bonchev–Trinajstić information content (AvgIpc) is 2.95. The van der Waals surface area contributed by atoms with Gasteiger partial charge in [-0.25, -0.2) is 0 Å². The Balaban J connectivity index is 2.24. The monoisotopic (exact) mass is 322 g/mol. The third-order valence-corrected chi connectivity index (χ3v) is 3.31. The predicted molar refractivity (Wildman–Crippen MR) is 80.8 cm³/mol. The van der Waals surface area contributed by atoms with Gasteiger partial charge in [0.1, 0.15) is 6.54 Å². The van der Waals surface area contributed by atoms with Gasteiger partial charge in [-0.2, -0.15) is 0 Å². The van der Waals surface area contributed by atoms with Crippen LogP contribution in [0.5, 0.6) is 0 Å². The molecule has 2 aromatic rings. The second-order valence-electron chi connectivity index (χ2n) is 4.68. The van der Waals surface area contributed by atoms with E-state index in [4.69, 9.17) is 21.2 Å². The number of carbonyl (C=O) groups excluding carboxylic acids is 1. The molecule has 0 radical (unpaired) electrons. The van der Waals surface area contributed by atoms with E-state index < -0.39 is 11.9 Å². The standard InChI is InChI=1S/C15H15ClN2O4/c1-2-7-18(9-14(19)20)15(21)12-8-13(22-17-12)10-5-3-4-6-11(10)16/h3-6,8H,2,7,9H2,1H3,(H,19,20). The molecule has 7 heteroatoms. The van der Waals surface area contributed by atoms with Crippen LogP contribution in [0.2, 0.25) is 5.02 Å². The summed E-state index contributed by atoms with van der Waals surface area (Å²) in [6.45, 7) is 1.82. The molecule has 0 atom stereocenters. The maximum Gasteiger partial charge on any atom is 0.323 e. The van der Waals surface area contributed by atoms with Gasteiger partial charge in [0.15, 0.2) is 11.5 Å². The first kappa shape index (κ1) is 16.0. The summed E-state index contributed by atoms with van der Waals surface area (Å²) in [7, 11) is 0. The maximum atomic E-state index is 12.3. The average molecular weight is 323 g/mol. The maximum absolute atomic E-state index is 12.3. The molecule has 116 valence electrons. The molecule has 1 N–H and O–H groups in total. The van der Waals surface area contributed by atoms with E-state index in [0.717, 1.165) is 0 Å². The SMILES string of the molecule is CCCN(CC(=O)O)C(=O)c1cc(-c2ccccc2Cl)on1. The number of hydrogen-bond acceptors (Lipinski definition) is 4. The molecule has 0 aliphatic carbocycles. The predicted octanol–water partition coefficient (Wildman–Crippen LogP) is 2.93. The van der Waals surface area contributed by atoms with E-state index in [0.29, 0.717) is 29.3 Å². The Kier molecular flexibility index (Phi) is 5.16. The number of carbonyl (C=O) groups is 2. The van der Waals surface area contributed by atoms with Gasteiger partial charge in [0.25, 0.3) is 5.91 Å². The minimum Gasteiger partial charge on any atom is -0.480 e. The van der Waals surface area contributed by atoms with Crippen molar-refractivity contribution in [3.63, 3.8) is 0 Å². The van der Waals surface area contributed by atoms with Crippen LogP contribution < -0.4 is 0 Å². The van der Waals surface area contributed by atoms with Crippen molar-refractivity contribution in [3.8, 4) is 11.3 Å². The Morgan fingerprint density at radius 1 is 1.36 bits per heavy atom. The van der Waals surface area contributed by atoms with E-state index in [1.54, 1.807) is 24.3 Å². The molecule has 0 fully saturated rings. The lowest BCUT2D eigenvalue weighted by molar-refractivity contribution is -0.137. The molecule has 1 heterocycles. The Morgan fingerprint density at radius 3 is 2.73 bits per heavy atom. The van der Waals surface area contributed by atoms with Gasteiger partial charge in [0.05, 0.1) is 5.02 Å². The largest absolute Gasteiger partial charge is 0.480 e. The lowest BCUT2D eigenvalue weighted by atomic mass is 10.1. The van der Waals surface area contributed by atoms with Crippen LogP contribution in [-0.2, 0) is 4.79 Å². The fraction of sp³-hybridized carbons (Fsp3) is 0.267. The van der Waals surface area contributed by atoms with Crippen LogP contribution in [0.25, 0.3) is 11.3 Å². The van der Waals surface area contributed by atoms with Crippen LogP contribution in [0.1, 0.15) is 23.8 Å². The van der Waals surface area contributed by atoms with Gasteiger partial charge in [-0.1, -0.05) is 35.8 Å². The van der Waals surface area contributed by atoms with E-state index in [1.165, 1.54) is 11.0 Å². The molecule has 6 nitrogen and oxygen atoms in total. The first-order valence-electron chi connectivity index (χ1n) is 6.75. The second-order valence-corrected chi connectivity index (χ2v) is 5.08. The highest BCUT2D eigenvalue weighted by Gasteiger charge is 2.22. The first-order chi connectivity index (χ1) is 10.5. The van der Waals surface area contributed by atoms with Crippen LogP contribution in [0, 0.1) is 0 Å². The van der Waals surface area contributed by atoms with Crippen molar-refractivity contribution < 1.29 is 19.2 Å². The van der Waals surface area contributed by atoms with Crippen molar-refractivity contribution in [2.75, 3.05) is 13.1 Å². The van der Waals surface area contributed by atoms with Crippen LogP contribution in [0.4, 0.5) is 0 Å². The summed E-state index contributed by atoms with van der Waals surface area (Å²) in [4.78, 5) is 24.4. The molecule has 0 saturated heterocycles. The molecule has 0 aliphatic heterocycles. The minimum atomic E-state index is -1.07. The minimum absolute atomic E-state index is 0.0598. The van der Waals surface area contributed by atoms with Crippen molar-refractivity contribution in [3.05, 3.63) is 41.0 Å². The molecule has 0 saturated carbocycles.